The van der Waals surface area contributed by atoms with Crippen LogP contribution in [0.4, 0.5) is 0 Å². The molecule has 0 aromatic carbocycles. The first-order chi connectivity index (χ1) is 7.60. The number of carbonyl (C=O) groups is 1. The normalized spacial score (nSPS) is 22.2. The van der Waals surface area contributed by atoms with Gasteiger partial charge in [0.25, 0.3) is 0 Å². The number of rotatable bonds is 4. The molecule has 2 atom stereocenters. The summed E-state index contributed by atoms with van der Waals surface area (Å²) in [6.45, 7) is 5.40. The molecular formula is C12H20N2O2. The molecule has 0 aromatic heterocycles. The summed E-state index contributed by atoms with van der Waals surface area (Å²) in [6.07, 6.45) is 1.70. The molecule has 0 aromatic rings. The van der Waals surface area contributed by atoms with Crippen LogP contribution >= 0.6 is 0 Å². The lowest BCUT2D eigenvalue weighted by atomic mass is 9.96. The fourth-order valence-corrected chi connectivity index (χ4v) is 2.14. The van der Waals surface area contributed by atoms with Crippen molar-refractivity contribution in [3.8, 4) is 6.07 Å². The van der Waals surface area contributed by atoms with Crippen LogP contribution in [0.5, 0.6) is 0 Å². The van der Waals surface area contributed by atoms with E-state index < -0.39 is 5.92 Å². The molecular weight excluding hydrogens is 204 g/mol. The highest BCUT2D eigenvalue weighted by Crippen LogP contribution is 2.23. The number of amides is 1. The van der Waals surface area contributed by atoms with Gasteiger partial charge in [-0.1, -0.05) is 13.8 Å². The molecule has 0 saturated carbocycles. The van der Waals surface area contributed by atoms with Crippen LogP contribution in [0.25, 0.3) is 0 Å². The Morgan fingerprint density at radius 3 is 2.81 bits per heavy atom. The minimum atomic E-state index is -0.520. The van der Waals surface area contributed by atoms with Gasteiger partial charge in [0, 0.05) is 19.7 Å². The third-order valence-corrected chi connectivity index (χ3v) is 3.21. The zero-order valence-corrected chi connectivity index (χ0v) is 10.0. The Bertz CT molecular complexity index is 283. The van der Waals surface area contributed by atoms with Crippen molar-refractivity contribution in [2.45, 2.75) is 26.7 Å². The zero-order valence-electron chi connectivity index (χ0n) is 10.0. The molecule has 4 heteroatoms. The molecule has 1 aliphatic rings. The molecule has 1 N–H and O–H groups in total. The van der Waals surface area contributed by atoms with Crippen molar-refractivity contribution < 1.29 is 9.90 Å². The van der Waals surface area contributed by atoms with Crippen LogP contribution in [-0.2, 0) is 4.79 Å². The largest absolute Gasteiger partial charge is 0.396 e. The Morgan fingerprint density at radius 2 is 2.31 bits per heavy atom. The van der Waals surface area contributed by atoms with Crippen LogP contribution in [0, 0.1) is 29.1 Å². The fraction of sp³-hybridized carbons (Fsp3) is 0.833. The SMILES string of the molecule is CC(C)C(C#N)C(=O)N1CCC(CCO)C1. The summed E-state index contributed by atoms with van der Waals surface area (Å²) in [5.41, 5.74) is 0. The topological polar surface area (TPSA) is 64.3 Å². The summed E-state index contributed by atoms with van der Waals surface area (Å²) < 4.78 is 0. The predicted octanol–water partition coefficient (Wildman–Crippen LogP) is 1.01. The van der Waals surface area contributed by atoms with Gasteiger partial charge < -0.3 is 10.0 Å². The number of likely N-dealkylation sites (tertiary alicyclic amines) is 1. The summed E-state index contributed by atoms with van der Waals surface area (Å²) in [4.78, 5) is 13.8. The quantitative estimate of drug-likeness (QED) is 0.775. The lowest BCUT2D eigenvalue weighted by Crippen LogP contribution is -2.36. The van der Waals surface area contributed by atoms with Gasteiger partial charge >= 0.3 is 0 Å². The summed E-state index contributed by atoms with van der Waals surface area (Å²) in [6, 6.07) is 2.08. The third kappa shape index (κ3) is 2.96. The molecule has 1 rings (SSSR count). The van der Waals surface area contributed by atoms with Crippen LogP contribution in [0.15, 0.2) is 0 Å². The van der Waals surface area contributed by atoms with E-state index in [1.54, 1.807) is 4.90 Å². The summed E-state index contributed by atoms with van der Waals surface area (Å²) in [7, 11) is 0. The second-order valence-corrected chi connectivity index (χ2v) is 4.80. The molecule has 4 nitrogen and oxygen atoms in total. The van der Waals surface area contributed by atoms with Crippen molar-refractivity contribution in [3.05, 3.63) is 0 Å². The summed E-state index contributed by atoms with van der Waals surface area (Å²) >= 11 is 0. The lowest BCUT2D eigenvalue weighted by Gasteiger charge is -2.21. The average Bonchev–Trinajstić information content (AvgIpc) is 2.67. The van der Waals surface area contributed by atoms with Gasteiger partial charge in [0.2, 0.25) is 5.91 Å². The Labute approximate surface area is 96.9 Å². The van der Waals surface area contributed by atoms with Crippen molar-refractivity contribution in [3.63, 3.8) is 0 Å². The van der Waals surface area contributed by atoms with Gasteiger partial charge in [-0.15, -0.1) is 0 Å². The minimum absolute atomic E-state index is 0.0436. The Morgan fingerprint density at radius 1 is 1.62 bits per heavy atom. The highest BCUT2D eigenvalue weighted by molar-refractivity contribution is 5.81. The molecule has 2 unspecified atom stereocenters. The molecule has 1 saturated heterocycles. The van der Waals surface area contributed by atoms with Crippen LogP contribution in [0.3, 0.4) is 0 Å². The molecule has 0 aliphatic carbocycles. The second-order valence-electron chi connectivity index (χ2n) is 4.80. The Balaban J connectivity index is 2.53. The average molecular weight is 224 g/mol. The summed E-state index contributed by atoms with van der Waals surface area (Å²) in [5.74, 6) is -0.0966. The van der Waals surface area contributed by atoms with Crippen molar-refractivity contribution in [1.82, 2.24) is 4.90 Å². The highest BCUT2D eigenvalue weighted by atomic mass is 16.3. The van der Waals surface area contributed by atoms with Crippen LogP contribution in [0.2, 0.25) is 0 Å². The van der Waals surface area contributed by atoms with Crippen LogP contribution in [-0.4, -0.2) is 35.6 Å². The maximum atomic E-state index is 12.0. The summed E-state index contributed by atoms with van der Waals surface area (Å²) in [5, 5.41) is 17.8. The van der Waals surface area contributed by atoms with E-state index in [4.69, 9.17) is 10.4 Å². The minimum Gasteiger partial charge on any atom is -0.396 e. The Hall–Kier alpha value is -1.08. The third-order valence-electron chi connectivity index (χ3n) is 3.21. The van der Waals surface area contributed by atoms with Crippen molar-refractivity contribution >= 4 is 5.91 Å². The molecule has 1 aliphatic heterocycles. The van der Waals surface area contributed by atoms with Crippen molar-refractivity contribution in [1.29, 1.82) is 5.26 Å². The standard InChI is InChI=1S/C12H20N2O2/c1-9(2)11(7-13)12(16)14-5-3-10(8-14)4-6-15/h9-11,15H,3-6,8H2,1-2H3. The maximum Gasteiger partial charge on any atom is 0.240 e. The molecule has 1 heterocycles. The van der Waals surface area contributed by atoms with Gasteiger partial charge in [-0.25, -0.2) is 0 Å². The monoisotopic (exact) mass is 224 g/mol. The van der Waals surface area contributed by atoms with Gasteiger partial charge in [-0.2, -0.15) is 5.26 Å². The maximum absolute atomic E-state index is 12.0. The number of hydrogen-bond donors (Lipinski definition) is 1. The van der Waals surface area contributed by atoms with Crippen molar-refractivity contribution in [2.75, 3.05) is 19.7 Å². The van der Waals surface area contributed by atoms with E-state index >= 15 is 0 Å². The second kappa shape index (κ2) is 5.86. The van der Waals surface area contributed by atoms with Gasteiger partial charge in [-0.3, -0.25) is 4.79 Å². The van der Waals surface area contributed by atoms with Crippen LogP contribution < -0.4 is 0 Å². The van der Waals surface area contributed by atoms with E-state index in [0.29, 0.717) is 12.5 Å². The van der Waals surface area contributed by atoms with Gasteiger partial charge in [0.15, 0.2) is 0 Å². The van der Waals surface area contributed by atoms with Gasteiger partial charge in [-0.05, 0) is 24.7 Å². The smallest absolute Gasteiger partial charge is 0.240 e. The number of carbonyl (C=O) groups excluding carboxylic acids is 1. The molecule has 0 bridgehead atoms. The lowest BCUT2D eigenvalue weighted by molar-refractivity contribution is -0.134. The predicted molar refractivity (Wildman–Crippen MR) is 60.3 cm³/mol. The fourth-order valence-electron chi connectivity index (χ4n) is 2.14. The zero-order chi connectivity index (χ0) is 12.1. The van der Waals surface area contributed by atoms with E-state index in [2.05, 4.69) is 6.07 Å². The number of hydrogen-bond acceptors (Lipinski definition) is 3. The van der Waals surface area contributed by atoms with E-state index in [-0.39, 0.29) is 18.4 Å². The van der Waals surface area contributed by atoms with Crippen molar-refractivity contribution in [2.24, 2.45) is 17.8 Å². The first-order valence-corrected chi connectivity index (χ1v) is 5.89. The number of aliphatic hydroxyl groups excluding tert-OH is 1. The molecule has 1 amide bonds. The molecule has 1 fully saturated rings. The van der Waals surface area contributed by atoms with E-state index in [9.17, 15) is 4.79 Å². The number of aliphatic hydroxyl groups is 1. The first kappa shape index (κ1) is 13.0. The van der Waals surface area contributed by atoms with E-state index in [1.165, 1.54) is 0 Å². The molecule has 0 radical (unpaired) electrons. The van der Waals surface area contributed by atoms with E-state index in [1.807, 2.05) is 13.8 Å². The van der Waals surface area contributed by atoms with Crippen LogP contribution in [0.1, 0.15) is 26.7 Å². The number of nitriles is 1. The highest BCUT2D eigenvalue weighted by Gasteiger charge is 2.31. The molecule has 90 valence electrons. The van der Waals surface area contributed by atoms with Gasteiger partial charge in [0.1, 0.15) is 5.92 Å². The first-order valence-electron chi connectivity index (χ1n) is 5.89. The Kier molecular flexibility index (Phi) is 4.75. The molecule has 0 spiro atoms. The molecule has 16 heavy (non-hydrogen) atoms. The van der Waals surface area contributed by atoms with Gasteiger partial charge in [0.05, 0.1) is 6.07 Å². The number of nitrogens with zero attached hydrogens (tertiary/aromatic N) is 2. The van der Waals surface area contributed by atoms with E-state index in [0.717, 1.165) is 19.4 Å².